The molecule has 0 saturated carbocycles. The van der Waals surface area contributed by atoms with Crippen LogP contribution in [-0.2, 0) is 4.74 Å². The molecule has 2 unspecified atom stereocenters. The summed E-state index contributed by atoms with van der Waals surface area (Å²) in [6.07, 6.45) is 6.11. The summed E-state index contributed by atoms with van der Waals surface area (Å²) in [4.78, 5) is 25.9. The van der Waals surface area contributed by atoms with E-state index >= 15 is 0 Å². The number of aliphatic hydroxyl groups excluding tert-OH is 2. The van der Waals surface area contributed by atoms with Crippen molar-refractivity contribution in [3.05, 3.63) is 32.6 Å². The molecule has 3 N–H and O–H groups in total. The van der Waals surface area contributed by atoms with E-state index in [0.29, 0.717) is 12.8 Å². The standard InChI is InChI=1S/C16H18N2O5/c1-2-3-4-5-6-7-11-9-18(16(22)17-15(11)21)14-8-12(20)13(10-19)23-14/h1,9,12-14,19-20H,3-5,8,10H2,(H,17,21,22)/t12?,13-,14?/m1/s1. The number of nitrogens with one attached hydrogen (secondary N) is 1. The summed E-state index contributed by atoms with van der Waals surface area (Å²) in [6, 6.07) is 0. The summed E-state index contributed by atoms with van der Waals surface area (Å²) >= 11 is 0. The summed E-state index contributed by atoms with van der Waals surface area (Å²) < 4.78 is 6.59. The number of aliphatic hydroxyl groups is 2. The van der Waals surface area contributed by atoms with Crippen LogP contribution in [0.15, 0.2) is 15.8 Å². The summed E-state index contributed by atoms with van der Waals surface area (Å²) in [5.74, 6) is 8.05. The molecule has 1 aliphatic rings. The highest BCUT2D eigenvalue weighted by atomic mass is 16.5. The first-order valence-electron chi connectivity index (χ1n) is 7.29. The van der Waals surface area contributed by atoms with Gasteiger partial charge in [-0.2, -0.15) is 0 Å². The minimum absolute atomic E-state index is 0.135. The van der Waals surface area contributed by atoms with Gasteiger partial charge >= 0.3 is 5.69 Å². The predicted molar refractivity (Wildman–Crippen MR) is 82.5 cm³/mol. The normalized spacial score (nSPS) is 23.1. The van der Waals surface area contributed by atoms with Crippen molar-refractivity contribution < 1.29 is 14.9 Å². The van der Waals surface area contributed by atoms with Gasteiger partial charge in [-0.05, 0) is 6.42 Å². The molecule has 23 heavy (non-hydrogen) atoms. The molecule has 0 amide bonds. The average Bonchev–Trinajstić information content (AvgIpc) is 2.89. The van der Waals surface area contributed by atoms with Crippen LogP contribution in [0.1, 0.15) is 37.5 Å². The van der Waals surface area contributed by atoms with Gasteiger partial charge in [-0.25, -0.2) is 4.79 Å². The molecule has 0 aromatic carbocycles. The molecule has 3 atom stereocenters. The minimum Gasteiger partial charge on any atom is -0.394 e. The zero-order valence-corrected chi connectivity index (χ0v) is 12.5. The van der Waals surface area contributed by atoms with Crippen LogP contribution < -0.4 is 11.2 Å². The first-order chi connectivity index (χ1) is 11.1. The number of aromatic nitrogens is 2. The van der Waals surface area contributed by atoms with Gasteiger partial charge in [-0.1, -0.05) is 11.8 Å². The molecule has 1 aromatic rings. The van der Waals surface area contributed by atoms with Crippen LogP contribution in [0.3, 0.4) is 0 Å². The van der Waals surface area contributed by atoms with Crippen LogP contribution in [-0.4, -0.2) is 38.6 Å². The number of terminal acetylenes is 1. The van der Waals surface area contributed by atoms with Crippen molar-refractivity contribution in [2.45, 2.75) is 44.1 Å². The zero-order chi connectivity index (χ0) is 16.8. The van der Waals surface area contributed by atoms with Gasteiger partial charge in [0.2, 0.25) is 0 Å². The van der Waals surface area contributed by atoms with E-state index in [1.54, 1.807) is 0 Å². The van der Waals surface area contributed by atoms with Crippen molar-refractivity contribution in [1.82, 2.24) is 9.55 Å². The molecule has 1 fully saturated rings. The van der Waals surface area contributed by atoms with Gasteiger partial charge in [0.1, 0.15) is 17.9 Å². The first kappa shape index (κ1) is 17.0. The van der Waals surface area contributed by atoms with Crippen molar-refractivity contribution in [3.8, 4) is 24.2 Å². The molecule has 0 spiro atoms. The number of unbranched alkanes of at least 4 members (excludes halogenated alkanes) is 2. The third-order valence-electron chi connectivity index (χ3n) is 3.51. The molecule has 2 rings (SSSR count). The maximum atomic E-state index is 11.9. The summed E-state index contributed by atoms with van der Waals surface area (Å²) in [5, 5.41) is 18.8. The lowest BCUT2D eigenvalue weighted by molar-refractivity contribution is -0.0459. The Labute approximate surface area is 132 Å². The Balaban J connectivity index is 2.22. The van der Waals surface area contributed by atoms with Crippen LogP contribution in [0, 0.1) is 24.2 Å². The van der Waals surface area contributed by atoms with Gasteiger partial charge in [0, 0.05) is 25.5 Å². The second-order valence-corrected chi connectivity index (χ2v) is 5.18. The van der Waals surface area contributed by atoms with E-state index < -0.39 is 29.7 Å². The maximum Gasteiger partial charge on any atom is 0.330 e. The smallest absolute Gasteiger partial charge is 0.330 e. The Hall–Kier alpha value is -2.32. The lowest BCUT2D eigenvalue weighted by atomic mass is 10.2. The molecule has 2 heterocycles. The lowest BCUT2D eigenvalue weighted by Crippen LogP contribution is -2.33. The topological polar surface area (TPSA) is 105 Å². The van der Waals surface area contributed by atoms with Crippen LogP contribution >= 0.6 is 0 Å². The second kappa shape index (κ2) is 7.80. The number of hydrogen-bond donors (Lipinski definition) is 3. The summed E-state index contributed by atoms with van der Waals surface area (Å²) in [7, 11) is 0. The summed E-state index contributed by atoms with van der Waals surface area (Å²) in [6.45, 7) is -0.350. The molecule has 122 valence electrons. The third kappa shape index (κ3) is 4.11. The maximum absolute atomic E-state index is 11.9. The fraction of sp³-hybridized carbons (Fsp3) is 0.500. The highest BCUT2D eigenvalue weighted by molar-refractivity contribution is 5.29. The number of nitrogens with zero attached hydrogens (tertiary/aromatic N) is 1. The molecule has 1 aliphatic heterocycles. The van der Waals surface area contributed by atoms with Gasteiger partial charge in [-0.3, -0.25) is 14.3 Å². The number of hydrogen-bond acceptors (Lipinski definition) is 5. The Morgan fingerprint density at radius 2 is 2.22 bits per heavy atom. The number of rotatable bonds is 4. The predicted octanol–water partition coefficient (Wildman–Crippen LogP) is -0.668. The van der Waals surface area contributed by atoms with Gasteiger partial charge < -0.3 is 14.9 Å². The average molecular weight is 318 g/mol. The molecule has 1 aromatic heterocycles. The largest absolute Gasteiger partial charge is 0.394 e. The van der Waals surface area contributed by atoms with E-state index in [9.17, 15) is 14.7 Å². The molecule has 7 nitrogen and oxygen atoms in total. The van der Waals surface area contributed by atoms with Crippen molar-refractivity contribution in [2.24, 2.45) is 0 Å². The van der Waals surface area contributed by atoms with Gasteiger partial charge in [0.05, 0.1) is 12.7 Å². The van der Waals surface area contributed by atoms with Crippen molar-refractivity contribution >= 4 is 0 Å². The SMILES string of the molecule is C#CCCCC#Cc1cn(C2CC(O)[C@@H](CO)O2)c(=O)[nH]c1=O. The van der Waals surface area contributed by atoms with Crippen molar-refractivity contribution in [1.29, 1.82) is 0 Å². The Morgan fingerprint density at radius 3 is 2.87 bits per heavy atom. The molecule has 0 radical (unpaired) electrons. The van der Waals surface area contributed by atoms with Crippen molar-refractivity contribution in [3.63, 3.8) is 0 Å². The van der Waals surface area contributed by atoms with Gasteiger partial charge in [0.15, 0.2) is 0 Å². The highest BCUT2D eigenvalue weighted by Gasteiger charge is 2.35. The molecule has 0 aliphatic carbocycles. The third-order valence-corrected chi connectivity index (χ3v) is 3.51. The molecule has 0 bridgehead atoms. The molecular weight excluding hydrogens is 300 g/mol. The van der Waals surface area contributed by atoms with E-state index in [1.807, 2.05) is 0 Å². The van der Waals surface area contributed by atoms with E-state index in [4.69, 9.17) is 16.3 Å². The first-order valence-corrected chi connectivity index (χ1v) is 7.29. The Kier molecular flexibility index (Phi) is 5.78. The van der Waals surface area contributed by atoms with Crippen LogP contribution in [0.25, 0.3) is 0 Å². The fourth-order valence-corrected chi connectivity index (χ4v) is 2.28. The Bertz CT molecular complexity index is 762. The van der Waals surface area contributed by atoms with Crippen molar-refractivity contribution in [2.75, 3.05) is 6.61 Å². The molecule has 7 heteroatoms. The van der Waals surface area contributed by atoms with E-state index in [1.165, 1.54) is 10.8 Å². The number of aromatic amines is 1. The highest BCUT2D eigenvalue weighted by Crippen LogP contribution is 2.27. The minimum atomic E-state index is -0.873. The number of H-pyrrole nitrogens is 1. The van der Waals surface area contributed by atoms with Crippen LogP contribution in [0.2, 0.25) is 0 Å². The Morgan fingerprint density at radius 1 is 1.43 bits per heavy atom. The fourth-order valence-electron chi connectivity index (χ4n) is 2.28. The number of ether oxygens (including phenoxy) is 1. The quantitative estimate of drug-likeness (QED) is 0.505. The van der Waals surface area contributed by atoms with E-state index in [-0.39, 0.29) is 18.6 Å². The van der Waals surface area contributed by atoms with Gasteiger partial charge in [0.25, 0.3) is 5.56 Å². The monoisotopic (exact) mass is 318 g/mol. The lowest BCUT2D eigenvalue weighted by Gasteiger charge is -2.14. The van der Waals surface area contributed by atoms with Crippen LogP contribution in [0.4, 0.5) is 0 Å². The van der Waals surface area contributed by atoms with E-state index in [2.05, 4.69) is 22.7 Å². The summed E-state index contributed by atoms with van der Waals surface area (Å²) in [5.41, 5.74) is -1.09. The second-order valence-electron chi connectivity index (χ2n) is 5.18. The molecule has 1 saturated heterocycles. The van der Waals surface area contributed by atoms with Gasteiger partial charge in [-0.15, -0.1) is 12.3 Å². The van der Waals surface area contributed by atoms with E-state index in [0.717, 1.165) is 6.42 Å². The molecular formula is C16H18N2O5. The zero-order valence-electron chi connectivity index (χ0n) is 12.5. The van der Waals surface area contributed by atoms with Crippen LogP contribution in [0.5, 0.6) is 0 Å².